The molecule has 2 N–H and O–H groups in total. The summed E-state index contributed by atoms with van der Waals surface area (Å²) >= 11 is 0. The molecule has 1 heteroatoms. The van der Waals surface area contributed by atoms with Gasteiger partial charge in [0.05, 0.1) is 0 Å². The van der Waals surface area contributed by atoms with E-state index in [0.29, 0.717) is 0 Å². The number of rotatable bonds is 2. The highest BCUT2D eigenvalue weighted by Gasteiger charge is 2.15. The van der Waals surface area contributed by atoms with Crippen LogP contribution in [0.3, 0.4) is 0 Å². The molecule has 0 heterocycles. The zero-order valence-corrected chi connectivity index (χ0v) is 6.28. The van der Waals surface area contributed by atoms with Gasteiger partial charge in [-0.1, -0.05) is 11.6 Å². The van der Waals surface area contributed by atoms with E-state index in [0.717, 1.165) is 6.42 Å². The molecule has 0 aromatic rings. The smallest absolute Gasteiger partial charge is 0.0134 e. The molecule has 0 saturated carbocycles. The van der Waals surface area contributed by atoms with Gasteiger partial charge in [0, 0.05) is 5.54 Å². The first-order valence-corrected chi connectivity index (χ1v) is 3.55. The molecule has 0 amide bonds. The van der Waals surface area contributed by atoms with Crippen LogP contribution < -0.4 is 5.73 Å². The van der Waals surface area contributed by atoms with Gasteiger partial charge in [-0.05, 0) is 33.1 Å². The van der Waals surface area contributed by atoms with Crippen LogP contribution in [-0.4, -0.2) is 5.54 Å². The zero-order valence-electron chi connectivity index (χ0n) is 6.28. The normalized spacial score (nSPS) is 18.8. The quantitative estimate of drug-likeness (QED) is 0.560. The van der Waals surface area contributed by atoms with Gasteiger partial charge in [-0.2, -0.15) is 0 Å². The number of nitrogens with two attached hydrogens (primary N) is 1. The lowest BCUT2D eigenvalue weighted by molar-refractivity contribution is 0.496. The Morgan fingerprint density at radius 1 is 1.67 bits per heavy atom. The fourth-order valence-corrected chi connectivity index (χ4v) is 1.09. The van der Waals surface area contributed by atoms with Crippen LogP contribution in [0.5, 0.6) is 0 Å². The van der Waals surface area contributed by atoms with Crippen molar-refractivity contribution in [3.63, 3.8) is 0 Å². The van der Waals surface area contributed by atoms with Crippen LogP contribution in [0.2, 0.25) is 0 Å². The molecule has 1 aliphatic carbocycles. The van der Waals surface area contributed by atoms with Gasteiger partial charge in [0.15, 0.2) is 0 Å². The summed E-state index contributed by atoms with van der Waals surface area (Å²) in [6, 6.07) is 0. The minimum atomic E-state index is 0.00620. The molecule has 0 radical (unpaired) electrons. The molecule has 1 aliphatic rings. The summed E-state index contributed by atoms with van der Waals surface area (Å²) in [5, 5.41) is 0. The molecule has 0 aromatic heterocycles. The predicted octanol–water partition coefficient (Wildman–Crippen LogP) is 1.83. The molecule has 0 fully saturated rings. The molecule has 1 rings (SSSR count). The van der Waals surface area contributed by atoms with Crippen molar-refractivity contribution in [1.29, 1.82) is 0 Å². The fourth-order valence-electron chi connectivity index (χ4n) is 1.09. The third-order valence-corrected chi connectivity index (χ3v) is 1.58. The molecule has 0 unspecified atom stereocenters. The van der Waals surface area contributed by atoms with Crippen molar-refractivity contribution in [2.75, 3.05) is 0 Å². The first-order valence-electron chi connectivity index (χ1n) is 3.55. The third-order valence-electron chi connectivity index (χ3n) is 1.58. The van der Waals surface area contributed by atoms with Gasteiger partial charge in [-0.15, -0.1) is 0 Å². The van der Waals surface area contributed by atoms with Gasteiger partial charge in [0.1, 0.15) is 0 Å². The van der Waals surface area contributed by atoms with E-state index in [9.17, 15) is 0 Å². The van der Waals surface area contributed by atoms with Crippen molar-refractivity contribution >= 4 is 0 Å². The summed E-state index contributed by atoms with van der Waals surface area (Å²) in [6.07, 6.45) is 5.91. The van der Waals surface area contributed by atoms with E-state index in [1.165, 1.54) is 12.8 Å². The van der Waals surface area contributed by atoms with E-state index < -0.39 is 0 Å². The molecular weight excluding hydrogens is 110 g/mol. The van der Waals surface area contributed by atoms with Gasteiger partial charge in [0.2, 0.25) is 0 Å². The Kier molecular flexibility index (Phi) is 1.62. The van der Waals surface area contributed by atoms with Gasteiger partial charge >= 0.3 is 0 Å². The second kappa shape index (κ2) is 2.14. The number of allylic oxidation sites excluding steroid dienone is 1. The summed E-state index contributed by atoms with van der Waals surface area (Å²) in [5.41, 5.74) is 7.36. The molecule has 0 saturated heterocycles. The first kappa shape index (κ1) is 6.81. The lowest BCUT2D eigenvalue weighted by Crippen LogP contribution is -2.32. The Labute approximate surface area is 56.9 Å². The van der Waals surface area contributed by atoms with Crippen molar-refractivity contribution < 1.29 is 0 Å². The summed E-state index contributed by atoms with van der Waals surface area (Å²) in [7, 11) is 0. The average Bonchev–Trinajstić information content (AvgIpc) is 1.53. The van der Waals surface area contributed by atoms with Crippen molar-refractivity contribution in [3.8, 4) is 0 Å². The summed E-state index contributed by atoms with van der Waals surface area (Å²) in [6.45, 7) is 4.15. The van der Waals surface area contributed by atoms with E-state index >= 15 is 0 Å². The van der Waals surface area contributed by atoms with E-state index in [1.54, 1.807) is 5.57 Å². The zero-order chi connectivity index (χ0) is 6.91. The van der Waals surface area contributed by atoms with Crippen molar-refractivity contribution in [2.45, 2.75) is 38.6 Å². The lowest BCUT2D eigenvalue weighted by Gasteiger charge is -2.24. The van der Waals surface area contributed by atoms with E-state index in [4.69, 9.17) is 5.73 Å². The fraction of sp³-hybridized carbons (Fsp3) is 0.750. The monoisotopic (exact) mass is 125 g/mol. The highest BCUT2D eigenvalue weighted by atomic mass is 14.7. The molecule has 1 nitrogen and oxygen atoms in total. The third kappa shape index (κ3) is 2.19. The highest BCUT2D eigenvalue weighted by Crippen LogP contribution is 2.25. The Bertz CT molecular complexity index is 128. The SMILES string of the molecule is CC(C)(N)CC1=CCC1. The van der Waals surface area contributed by atoms with E-state index in [2.05, 4.69) is 19.9 Å². The maximum atomic E-state index is 5.80. The minimum Gasteiger partial charge on any atom is -0.325 e. The minimum absolute atomic E-state index is 0.00620. The first-order chi connectivity index (χ1) is 4.08. The molecule has 0 aliphatic heterocycles. The Hall–Kier alpha value is -0.300. The van der Waals surface area contributed by atoms with E-state index in [1.807, 2.05) is 0 Å². The standard InChI is InChI=1S/C8H15N/c1-8(2,9)6-7-4-3-5-7/h4H,3,5-6,9H2,1-2H3. The molecule has 52 valence electrons. The van der Waals surface area contributed by atoms with Crippen LogP contribution in [0.4, 0.5) is 0 Å². The van der Waals surface area contributed by atoms with Crippen LogP contribution in [0.15, 0.2) is 11.6 Å². The largest absolute Gasteiger partial charge is 0.325 e. The summed E-state index contributed by atoms with van der Waals surface area (Å²) in [5.74, 6) is 0. The van der Waals surface area contributed by atoms with Crippen LogP contribution >= 0.6 is 0 Å². The summed E-state index contributed by atoms with van der Waals surface area (Å²) in [4.78, 5) is 0. The maximum absolute atomic E-state index is 5.80. The maximum Gasteiger partial charge on any atom is 0.0134 e. The van der Waals surface area contributed by atoms with Crippen LogP contribution in [-0.2, 0) is 0 Å². The molecular formula is C8H15N. The predicted molar refractivity (Wildman–Crippen MR) is 40.2 cm³/mol. The Morgan fingerprint density at radius 3 is 2.33 bits per heavy atom. The molecule has 0 bridgehead atoms. The van der Waals surface area contributed by atoms with Crippen LogP contribution in [0.1, 0.15) is 33.1 Å². The van der Waals surface area contributed by atoms with Crippen molar-refractivity contribution in [3.05, 3.63) is 11.6 Å². The van der Waals surface area contributed by atoms with Gasteiger partial charge in [-0.25, -0.2) is 0 Å². The molecule has 0 atom stereocenters. The van der Waals surface area contributed by atoms with Gasteiger partial charge in [-0.3, -0.25) is 0 Å². The van der Waals surface area contributed by atoms with Gasteiger partial charge < -0.3 is 5.73 Å². The van der Waals surface area contributed by atoms with E-state index in [-0.39, 0.29) is 5.54 Å². The average molecular weight is 125 g/mol. The molecule has 0 aromatic carbocycles. The van der Waals surface area contributed by atoms with Crippen LogP contribution in [0, 0.1) is 0 Å². The van der Waals surface area contributed by atoms with Gasteiger partial charge in [0.25, 0.3) is 0 Å². The molecule has 9 heavy (non-hydrogen) atoms. The van der Waals surface area contributed by atoms with Crippen molar-refractivity contribution in [2.24, 2.45) is 5.73 Å². The Balaban J connectivity index is 2.33. The van der Waals surface area contributed by atoms with Crippen molar-refractivity contribution in [1.82, 2.24) is 0 Å². The highest BCUT2D eigenvalue weighted by molar-refractivity contribution is 5.14. The second-order valence-corrected chi connectivity index (χ2v) is 3.57. The number of hydrogen-bond acceptors (Lipinski definition) is 1. The second-order valence-electron chi connectivity index (χ2n) is 3.57. The topological polar surface area (TPSA) is 26.0 Å². The van der Waals surface area contributed by atoms with Crippen LogP contribution in [0.25, 0.3) is 0 Å². The summed E-state index contributed by atoms with van der Waals surface area (Å²) < 4.78 is 0. The number of hydrogen-bond donors (Lipinski definition) is 1. The Morgan fingerprint density at radius 2 is 2.22 bits per heavy atom. The lowest BCUT2D eigenvalue weighted by atomic mass is 9.87. The molecule has 0 spiro atoms.